The lowest BCUT2D eigenvalue weighted by Crippen LogP contribution is -2.32. The molecule has 1 aliphatic rings. The molecule has 1 saturated heterocycles. The first kappa shape index (κ1) is 10.0. The highest BCUT2D eigenvalue weighted by molar-refractivity contribution is 4.76. The van der Waals surface area contributed by atoms with Crippen molar-refractivity contribution in [1.29, 1.82) is 0 Å². The van der Waals surface area contributed by atoms with Crippen LogP contribution in [0.4, 0.5) is 0 Å². The molecule has 0 unspecified atom stereocenters. The number of hydrogen-bond acceptors (Lipinski definition) is 2. The second-order valence-corrected chi connectivity index (χ2v) is 4.62. The summed E-state index contributed by atoms with van der Waals surface area (Å²) in [6.45, 7) is 8.46. The fourth-order valence-electron chi connectivity index (χ4n) is 1.93. The van der Waals surface area contributed by atoms with Gasteiger partial charge in [-0.15, -0.1) is 0 Å². The average molecular weight is 171 g/mol. The van der Waals surface area contributed by atoms with Crippen LogP contribution in [0.2, 0.25) is 0 Å². The monoisotopic (exact) mass is 171 g/mol. The molecule has 0 aromatic carbocycles. The molecular weight excluding hydrogens is 150 g/mol. The average Bonchev–Trinajstić information content (AvgIpc) is 2.38. The van der Waals surface area contributed by atoms with Crippen molar-refractivity contribution in [3.63, 3.8) is 0 Å². The number of nitrogens with zero attached hydrogens (tertiary/aromatic N) is 1. The van der Waals surface area contributed by atoms with Crippen LogP contribution in [0.25, 0.3) is 0 Å². The Balaban J connectivity index is 2.27. The summed E-state index contributed by atoms with van der Waals surface area (Å²) in [5.41, 5.74) is 0.291. The molecule has 2 nitrogen and oxygen atoms in total. The topological polar surface area (TPSA) is 23.5 Å². The van der Waals surface area contributed by atoms with Gasteiger partial charge in [-0.3, -0.25) is 0 Å². The molecule has 0 aliphatic carbocycles. The number of rotatable bonds is 4. The minimum Gasteiger partial charge on any atom is -0.396 e. The Kier molecular flexibility index (Phi) is 3.53. The highest BCUT2D eigenvalue weighted by atomic mass is 16.3. The quantitative estimate of drug-likeness (QED) is 0.692. The van der Waals surface area contributed by atoms with Crippen LogP contribution in [0.5, 0.6) is 0 Å². The third-order valence-electron chi connectivity index (χ3n) is 2.64. The zero-order valence-electron chi connectivity index (χ0n) is 8.34. The molecule has 0 bridgehead atoms. The summed E-state index contributed by atoms with van der Waals surface area (Å²) in [6, 6.07) is 0. The molecule has 0 amide bonds. The van der Waals surface area contributed by atoms with Gasteiger partial charge in [-0.05, 0) is 37.8 Å². The van der Waals surface area contributed by atoms with Crippen LogP contribution in [0, 0.1) is 5.41 Å². The maximum atomic E-state index is 8.86. The first-order valence-electron chi connectivity index (χ1n) is 4.97. The Morgan fingerprint density at radius 1 is 1.25 bits per heavy atom. The molecule has 2 heteroatoms. The number of likely N-dealkylation sites (tertiary alicyclic amines) is 1. The van der Waals surface area contributed by atoms with Crippen molar-refractivity contribution in [2.45, 2.75) is 33.1 Å². The standard InChI is InChI=1S/C10H21NO/c1-10(2,5-8-12)9-11-6-3-4-7-11/h12H,3-9H2,1-2H3. The van der Waals surface area contributed by atoms with Crippen molar-refractivity contribution in [3.8, 4) is 0 Å². The molecule has 0 atom stereocenters. The van der Waals surface area contributed by atoms with Gasteiger partial charge >= 0.3 is 0 Å². The zero-order chi connectivity index (χ0) is 9.03. The molecule has 0 aromatic rings. The highest BCUT2D eigenvalue weighted by Crippen LogP contribution is 2.23. The van der Waals surface area contributed by atoms with Crippen molar-refractivity contribution in [1.82, 2.24) is 4.90 Å². The second-order valence-electron chi connectivity index (χ2n) is 4.62. The van der Waals surface area contributed by atoms with Gasteiger partial charge in [0.2, 0.25) is 0 Å². The number of aliphatic hydroxyl groups is 1. The van der Waals surface area contributed by atoms with E-state index in [0.717, 1.165) is 13.0 Å². The van der Waals surface area contributed by atoms with Gasteiger partial charge in [-0.2, -0.15) is 0 Å². The molecule has 72 valence electrons. The number of hydrogen-bond donors (Lipinski definition) is 1. The van der Waals surface area contributed by atoms with Crippen LogP contribution in [0.3, 0.4) is 0 Å². The van der Waals surface area contributed by atoms with Gasteiger partial charge < -0.3 is 10.0 Å². The van der Waals surface area contributed by atoms with E-state index in [4.69, 9.17) is 5.11 Å². The van der Waals surface area contributed by atoms with Crippen LogP contribution >= 0.6 is 0 Å². The summed E-state index contributed by atoms with van der Waals surface area (Å²) < 4.78 is 0. The summed E-state index contributed by atoms with van der Waals surface area (Å²) in [6.07, 6.45) is 3.63. The van der Waals surface area contributed by atoms with E-state index < -0.39 is 0 Å². The predicted octanol–water partition coefficient (Wildman–Crippen LogP) is 1.49. The van der Waals surface area contributed by atoms with E-state index in [2.05, 4.69) is 18.7 Å². The smallest absolute Gasteiger partial charge is 0.0436 e. The number of aliphatic hydroxyl groups excluding tert-OH is 1. The molecule has 1 N–H and O–H groups in total. The minimum atomic E-state index is 0.291. The van der Waals surface area contributed by atoms with Gasteiger partial charge in [0.25, 0.3) is 0 Å². The second kappa shape index (κ2) is 4.24. The van der Waals surface area contributed by atoms with E-state index in [1.165, 1.54) is 25.9 Å². The Labute approximate surface area is 75.6 Å². The third kappa shape index (κ3) is 3.11. The maximum absolute atomic E-state index is 8.86. The maximum Gasteiger partial charge on any atom is 0.0436 e. The predicted molar refractivity (Wildman–Crippen MR) is 51.2 cm³/mol. The lowest BCUT2D eigenvalue weighted by Gasteiger charge is -2.29. The molecule has 0 saturated carbocycles. The van der Waals surface area contributed by atoms with E-state index in [1.807, 2.05) is 0 Å². The summed E-state index contributed by atoms with van der Waals surface area (Å²) >= 11 is 0. The highest BCUT2D eigenvalue weighted by Gasteiger charge is 2.22. The minimum absolute atomic E-state index is 0.291. The molecule has 1 fully saturated rings. The van der Waals surface area contributed by atoms with E-state index >= 15 is 0 Å². The molecule has 1 rings (SSSR count). The Hall–Kier alpha value is -0.0800. The Bertz CT molecular complexity index is 128. The van der Waals surface area contributed by atoms with E-state index in [-0.39, 0.29) is 0 Å². The molecule has 0 radical (unpaired) electrons. The van der Waals surface area contributed by atoms with Crippen molar-refractivity contribution in [2.75, 3.05) is 26.2 Å². The van der Waals surface area contributed by atoms with Crippen LogP contribution in [-0.2, 0) is 0 Å². The Morgan fingerprint density at radius 3 is 2.33 bits per heavy atom. The molecule has 1 aliphatic heterocycles. The van der Waals surface area contributed by atoms with Crippen LogP contribution in [0.15, 0.2) is 0 Å². The normalized spacial score (nSPS) is 20.2. The van der Waals surface area contributed by atoms with Gasteiger partial charge in [0.15, 0.2) is 0 Å². The van der Waals surface area contributed by atoms with Gasteiger partial charge in [0.1, 0.15) is 0 Å². The SMILES string of the molecule is CC(C)(CCO)CN1CCCC1. The first-order chi connectivity index (χ1) is 5.64. The van der Waals surface area contributed by atoms with Crippen LogP contribution in [0.1, 0.15) is 33.1 Å². The molecule has 12 heavy (non-hydrogen) atoms. The first-order valence-corrected chi connectivity index (χ1v) is 4.97. The van der Waals surface area contributed by atoms with Crippen LogP contribution < -0.4 is 0 Å². The van der Waals surface area contributed by atoms with E-state index in [1.54, 1.807) is 0 Å². The molecule has 0 aromatic heterocycles. The van der Waals surface area contributed by atoms with Crippen molar-refractivity contribution in [2.24, 2.45) is 5.41 Å². The summed E-state index contributed by atoms with van der Waals surface area (Å²) in [7, 11) is 0. The third-order valence-corrected chi connectivity index (χ3v) is 2.64. The Morgan fingerprint density at radius 2 is 1.83 bits per heavy atom. The van der Waals surface area contributed by atoms with Gasteiger partial charge in [0, 0.05) is 13.2 Å². The fraction of sp³-hybridized carbons (Fsp3) is 1.00. The van der Waals surface area contributed by atoms with Gasteiger partial charge in [-0.25, -0.2) is 0 Å². The molecule has 1 heterocycles. The van der Waals surface area contributed by atoms with E-state index in [0.29, 0.717) is 12.0 Å². The summed E-state index contributed by atoms with van der Waals surface area (Å²) in [5, 5.41) is 8.86. The fourth-order valence-corrected chi connectivity index (χ4v) is 1.93. The summed E-state index contributed by atoms with van der Waals surface area (Å²) in [5.74, 6) is 0. The zero-order valence-corrected chi connectivity index (χ0v) is 8.34. The molecule has 0 spiro atoms. The van der Waals surface area contributed by atoms with Crippen molar-refractivity contribution < 1.29 is 5.11 Å². The summed E-state index contributed by atoms with van der Waals surface area (Å²) in [4.78, 5) is 2.51. The lowest BCUT2D eigenvalue weighted by molar-refractivity contribution is 0.157. The lowest BCUT2D eigenvalue weighted by atomic mass is 9.89. The van der Waals surface area contributed by atoms with Gasteiger partial charge in [0.05, 0.1) is 0 Å². The van der Waals surface area contributed by atoms with Crippen molar-refractivity contribution >= 4 is 0 Å². The van der Waals surface area contributed by atoms with Crippen molar-refractivity contribution in [3.05, 3.63) is 0 Å². The van der Waals surface area contributed by atoms with Gasteiger partial charge in [-0.1, -0.05) is 13.8 Å². The van der Waals surface area contributed by atoms with E-state index in [9.17, 15) is 0 Å². The largest absolute Gasteiger partial charge is 0.396 e. The van der Waals surface area contributed by atoms with Crippen LogP contribution in [-0.4, -0.2) is 36.2 Å². The molecular formula is C10H21NO.